The van der Waals surface area contributed by atoms with Crippen LogP contribution in [0.1, 0.15) is 31.8 Å². The van der Waals surface area contributed by atoms with E-state index in [1.54, 1.807) is 36.4 Å². The van der Waals surface area contributed by atoms with Crippen molar-refractivity contribution in [2.75, 3.05) is 0 Å². The zero-order valence-corrected chi connectivity index (χ0v) is 19.6. The van der Waals surface area contributed by atoms with Crippen LogP contribution in [0.25, 0.3) is 0 Å². The molecular formula is C23H20IN3O3S. The Kier molecular flexibility index (Phi) is 7.96. The number of amides is 2. The number of halogens is 1. The number of hydrogen-bond donors (Lipinski definition) is 3. The highest BCUT2D eigenvalue weighted by molar-refractivity contribution is 14.1. The van der Waals surface area contributed by atoms with Crippen molar-refractivity contribution in [3.8, 4) is 5.75 Å². The molecular weight excluding hydrogens is 525 g/mol. The average molecular weight is 545 g/mol. The number of carbonyl (C=O) groups is 2. The molecule has 0 bridgehead atoms. The lowest BCUT2D eigenvalue weighted by Gasteiger charge is -2.14. The first-order valence-corrected chi connectivity index (χ1v) is 10.9. The van der Waals surface area contributed by atoms with Gasteiger partial charge in [-0.15, -0.1) is 0 Å². The Balaban J connectivity index is 1.56. The second kappa shape index (κ2) is 10.9. The fourth-order valence-electron chi connectivity index (χ4n) is 2.64. The summed E-state index contributed by atoms with van der Waals surface area (Å²) in [6.07, 6.45) is 0. The summed E-state index contributed by atoms with van der Waals surface area (Å²) in [4.78, 5) is 24.9. The maximum Gasteiger partial charge on any atom is 0.273 e. The molecule has 0 fully saturated rings. The van der Waals surface area contributed by atoms with Crippen LogP contribution in [0.2, 0.25) is 0 Å². The Morgan fingerprint density at radius 2 is 1.65 bits per heavy atom. The van der Waals surface area contributed by atoms with E-state index in [-0.39, 0.29) is 11.0 Å². The lowest BCUT2D eigenvalue weighted by molar-refractivity contribution is 0.0930. The van der Waals surface area contributed by atoms with Crippen LogP contribution in [-0.4, -0.2) is 16.9 Å². The quantitative estimate of drug-likeness (QED) is 0.256. The SMILES string of the molecule is Cc1ccc(C(=O)NC(=S)NNC(=O)c2ccccc2OCc2ccccc2)cc1I. The van der Waals surface area contributed by atoms with Gasteiger partial charge in [0.05, 0.1) is 5.56 Å². The van der Waals surface area contributed by atoms with E-state index in [0.29, 0.717) is 23.5 Å². The van der Waals surface area contributed by atoms with Gasteiger partial charge < -0.3 is 4.74 Å². The third-order valence-corrected chi connectivity index (χ3v) is 5.69. The van der Waals surface area contributed by atoms with Gasteiger partial charge in [-0.25, -0.2) is 0 Å². The van der Waals surface area contributed by atoms with Crippen molar-refractivity contribution in [3.63, 3.8) is 0 Å². The molecule has 3 aromatic rings. The number of thiocarbonyl (C=S) groups is 1. The van der Waals surface area contributed by atoms with Crippen LogP contribution < -0.4 is 20.9 Å². The van der Waals surface area contributed by atoms with Gasteiger partial charge in [0.15, 0.2) is 5.11 Å². The van der Waals surface area contributed by atoms with Crippen molar-refractivity contribution >= 4 is 51.7 Å². The van der Waals surface area contributed by atoms with E-state index in [1.807, 2.05) is 43.3 Å². The van der Waals surface area contributed by atoms with Crippen molar-refractivity contribution < 1.29 is 14.3 Å². The molecule has 0 heterocycles. The molecule has 0 saturated carbocycles. The standard InChI is InChI=1S/C23H20IN3O3S/c1-15-11-12-17(13-19(15)24)21(28)25-23(31)27-26-22(29)18-9-5-6-10-20(18)30-14-16-7-3-2-4-8-16/h2-13H,14H2,1H3,(H,26,29)(H2,25,27,28,31). The molecule has 8 heteroatoms. The zero-order chi connectivity index (χ0) is 22.2. The monoisotopic (exact) mass is 545 g/mol. The topological polar surface area (TPSA) is 79.5 Å². The van der Waals surface area contributed by atoms with Crippen LogP contribution in [-0.2, 0) is 6.61 Å². The first-order valence-electron chi connectivity index (χ1n) is 9.37. The van der Waals surface area contributed by atoms with Gasteiger partial charge in [0.25, 0.3) is 11.8 Å². The molecule has 2 amide bonds. The minimum absolute atomic E-state index is 0.0170. The van der Waals surface area contributed by atoms with Gasteiger partial charge in [0, 0.05) is 9.13 Å². The number of hydrazine groups is 1. The summed E-state index contributed by atoms with van der Waals surface area (Å²) >= 11 is 7.28. The molecule has 3 aromatic carbocycles. The highest BCUT2D eigenvalue weighted by Crippen LogP contribution is 2.19. The molecule has 3 rings (SSSR count). The second-order valence-electron chi connectivity index (χ2n) is 6.60. The Hall–Kier alpha value is -2.98. The largest absolute Gasteiger partial charge is 0.488 e. The van der Waals surface area contributed by atoms with Crippen molar-refractivity contribution in [3.05, 3.63) is 98.6 Å². The molecule has 0 aliphatic carbocycles. The highest BCUT2D eigenvalue weighted by Gasteiger charge is 2.14. The first kappa shape index (κ1) is 22.7. The lowest BCUT2D eigenvalue weighted by Crippen LogP contribution is -2.48. The van der Waals surface area contributed by atoms with E-state index in [9.17, 15) is 9.59 Å². The van der Waals surface area contributed by atoms with Crippen molar-refractivity contribution in [2.24, 2.45) is 0 Å². The lowest BCUT2D eigenvalue weighted by atomic mass is 10.1. The van der Waals surface area contributed by atoms with Gasteiger partial charge >= 0.3 is 0 Å². The highest BCUT2D eigenvalue weighted by atomic mass is 127. The third-order valence-electron chi connectivity index (χ3n) is 4.32. The van der Waals surface area contributed by atoms with Gasteiger partial charge in [-0.2, -0.15) is 0 Å². The Morgan fingerprint density at radius 1 is 0.935 bits per heavy atom. The number of nitrogens with one attached hydrogen (secondary N) is 3. The molecule has 0 unspecified atom stereocenters. The molecule has 0 saturated heterocycles. The van der Waals surface area contributed by atoms with Gasteiger partial charge in [-0.1, -0.05) is 48.5 Å². The number of para-hydroxylation sites is 1. The molecule has 0 aliphatic heterocycles. The van der Waals surface area contributed by atoms with Crippen LogP contribution in [0, 0.1) is 10.5 Å². The number of rotatable bonds is 5. The summed E-state index contributed by atoms with van der Waals surface area (Å²) in [5.74, 6) is -0.365. The second-order valence-corrected chi connectivity index (χ2v) is 8.17. The summed E-state index contributed by atoms with van der Waals surface area (Å²) in [6.45, 7) is 2.30. The number of aryl methyl sites for hydroxylation is 1. The summed E-state index contributed by atoms with van der Waals surface area (Å²) in [5.41, 5.74) is 7.93. The van der Waals surface area contributed by atoms with Gasteiger partial charge in [-0.3, -0.25) is 25.8 Å². The van der Waals surface area contributed by atoms with Gasteiger partial charge in [0.2, 0.25) is 0 Å². The molecule has 3 N–H and O–H groups in total. The minimum Gasteiger partial charge on any atom is -0.488 e. The van der Waals surface area contributed by atoms with Crippen LogP contribution in [0.15, 0.2) is 72.8 Å². The predicted octanol–water partition coefficient (Wildman–Crippen LogP) is 4.13. The smallest absolute Gasteiger partial charge is 0.273 e. The maximum absolute atomic E-state index is 12.6. The number of benzene rings is 3. The van der Waals surface area contributed by atoms with E-state index < -0.39 is 5.91 Å². The Labute approximate surface area is 199 Å². The molecule has 0 spiro atoms. The van der Waals surface area contributed by atoms with E-state index in [0.717, 1.165) is 14.7 Å². The van der Waals surface area contributed by atoms with Crippen LogP contribution in [0.5, 0.6) is 5.75 Å². The molecule has 0 aliphatic rings. The summed E-state index contributed by atoms with van der Waals surface area (Å²) in [6, 6.07) is 21.9. The Bertz CT molecular complexity index is 1110. The van der Waals surface area contributed by atoms with Crippen LogP contribution in [0.4, 0.5) is 0 Å². The molecule has 6 nitrogen and oxygen atoms in total. The fraction of sp³-hybridized carbons (Fsp3) is 0.0870. The molecule has 0 radical (unpaired) electrons. The molecule has 0 atom stereocenters. The average Bonchev–Trinajstić information content (AvgIpc) is 2.78. The summed E-state index contributed by atoms with van der Waals surface area (Å²) in [5, 5.41) is 2.53. The number of carbonyl (C=O) groups excluding carboxylic acids is 2. The number of ether oxygens (including phenoxy) is 1. The third kappa shape index (κ3) is 6.50. The van der Waals surface area contributed by atoms with Crippen molar-refractivity contribution in [1.82, 2.24) is 16.2 Å². The van der Waals surface area contributed by atoms with Crippen molar-refractivity contribution in [2.45, 2.75) is 13.5 Å². The first-order chi connectivity index (χ1) is 14.9. The zero-order valence-electron chi connectivity index (χ0n) is 16.6. The van der Waals surface area contributed by atoms with Crippen LogP contribution in [0.3, 0.4) is 0 Å². The van der Waals surface area contributed by atoms with E-state index in [1.165, 1.54) is 0 Å². The van der Waals surface area contributed by atoms with Crippen LogP contribution >= 0.6 is 34.8 Å². The van der Waals surface area contributed by atoms with E-state index in [2.05, 4.69) is 38.8 Å². The minimum atomic E-state index is -0.440. The molecule has 158 valence electrons. The molecule has 31 heavy (non-hydrogen) atoms. The Morgan fingerprint density at radius 3 is 2.39 bits per heavy atom. The summed E-state index contributed by atoms with van der Waals surface area (Å²) < 4.78 is 6.78. The normalized spacial score (nSPS) is 10.1. The fourth-order valence-corrected chi connectivity index (χ4v) is 3.30. The van der Waals surface area contributed by atoms with Gasteiger partial charge in [-0.05, 0) is 77.1 Å². The number of hydrogen-bond acceptors (Lipinski definition) is 4. The van der Waals surface area contributed by atoms with Gasteiger partial charge in [0.1, 0.15) is 12.4 Å². The van der Waals surface area contributed by atoms with E-state index >= 15 is 0 Å². The molecule has 0 aromatic heterocycles. The maximum atomic E-state index is 12.6. The van der Waals surface area contributed by atoms with Crippen molar-refractivity contribution in [1.29, 1.82) is 0 Å². The predicted molar refractivity (Wildman–Crippen MR) is 132 cm³/mol. The summed E-state index contributed by atoms with van der Waals surface area (Å²) in [7, 11) is 0. The van der Waals surface area contributed by atoms with E-state index in [4.69, 9.17) is 17.0 Å².